The minimum atomic E-state index is -0.268. The molecule has 0 radical (unpaired) electrons. The second-order valence-corrected chi connectivity index (χ2v) is 6.77. The van der Waals surface area contributed by atoms with E-state index in [9.17, 15) is 9.59 Å². The van der Waals surface area contributed by atoms with Crippen LogP contribution in [0.1, 0.15) is 17.3 Å². The lowest BCUT2D eigenvalue weighted by atomic mass is 10.1. The lowest BCUT2D eigenvalue weighted by molar-refractivity contribution is -0.118. The number of ketones is 1. The summed E-state index contributed by atoms with van der Waals surface area (Å²) in [7, 11) is 1.61. The molecule has 6 heteroatoms. The number of amides is 1. The number of thioether (sulfide) groups is 1. The first kappa shape index (κ1) is 16.4. The van der Waals surface area contributed by atoms with Crippen LogP contribution in [0.2, 0.25) is 0 Å². The summed E-state index contributed by atoms with van der Waals surface area (Å²) in [6.45, 7) is 1.86. The van der Waals surface area contributed by atoms with Gasteiger partial charge < -0.3 is 14.8 Å². The van der Waals surface area contributed by atoms with E-state index in [2.05, 4.69) is 5.32 Å². The van der Waals surface area contributed by atoms with E-state index < -0.39 is 0 Å². The summed E-state index contributed by atoms with van der Waals surface area (Å²) >= 11 is 1.47. The van der Waals surface area contributed by atoms with Crippen molar-refractivity contribution < 1.29 is 19.1 Å². The molecule has 24 heavy (non-hydrogen) atoms. The van der Waals surface area contributed by atoms with Gasteiger partial charge in [-0.15, -0.1) is 11.8 Å². The molecule has 3 rings (SSSR count). The Bertz CT molecular complexity index is 790. The summed E-state index contributed by atoms with van der Waals surface area (Å²) in [5, 5.41) is 2.45. The molecule has 1 unspecified atom stereocenters. The number of nitrogens with one attached hydrogen (secondary N) is 1. The van der Waals surface area contributed by atoms with Gasteiger partial charge in [-0.2, -0.15) is 0 Å². The molecule has 2 aromatic carbocycles. The highest BCUT2D eigenvalue weighted by molar-refractivity contribution is 8.00. The molecule has 1 atom stereocenters. The van der Waals surface area contributed by atoms with Gasteiger partial charge in [-0.1, -0.05) is 6.07 Å². The number of Topliss-reactive ketones (excluding diaryl/α,β-unsaturated/α-hetero) is 1. The van der Waals surface area contributed by atoms with Gasteiger partial charge in [0.2, 0.25) is 0 Å². The van der Waals surface area contributed by atoms with Crippen molar-refractivity contribution in [2.24, 2.45) is 0 Å². The largest absolute Gasteiger partial charge is 0.497 e. The standard InChI is InChI=1S/C18H17NO4S/c1-11(24-14-5-3-4-13(9-14)22-2)18(21)12-6-7-16-15(8-12)19-17(20)10-23-16/h3-9,11H,10H2,1-2H3,(H,19,20). The lowest BCUT2D eigenvalue weighted by Gasteiger charge is -2.19. The fourth-order valence-corrected chi connectivity index (χ4v) is 3.40. The fraction of sp³-hybridized carbons (Fsp3) is 0.222. The molecule has 5 nitrogen and oxygen atoms in total. The van der Waals surface area contributed by atoms with E-state index in [-0.39, 0.29) is 23.5 Å². The zero-order chi connectivity index (χ0) is 17.1. The molecule has 0 saturated carbocycles. The second kappa shape index (κ2) is 6.97. The van der Waals surface area contributed by atoms with Crippen LogP contribution in [0.3, 0.4) is 0 Å². The Labute approximate surface area is 144 Å². The summed E-state index contributed by atoms with van der Waals surface area (Å²) in [5.41, 5.74) is 1.08. The van der Waals surface area contributed by atoms with E-state index in [0.29, 0.717) is 17.0 Å². The van der Waals surface area contributed by atoms with Crippen LogP contribution in [0.4, 0.5) is 5.69 Å². The average molecular weight is 343 g/mol. The van der Waals surface area contributed by atoms with Gasteiger partial charge in [0.25, 0.3) is 5.91 Å². The van der Waals surface area contributed by atoms with Crippen LogP contribution in [0.25, 0.3) is 0 Å². The van der Waals surface area contributed by atoms with Gasteiger partial charge in [0.1, 0.15) is 11.5 Å². The molecule has 0 saturated heterocycles. The van der Waals surface area contributed by atoms with Crippen molar-refractivity contribution in [3.05, 3.63) is 48.0 Å². The summed E-state index contributed by atoms with van der Waals surface area (Å²) in [6.07, 6.45) is 0. The predicted molar refractivity (Wildman–Crippen MR) is 93.2 cm³/mol. The number of carbonyl (C=O) groups is 2. The van der Waals surface area contributed by atoms with Crippen molar-refractivity contribution in [3.63, 3.8) is 0 Å². The van der Waals surface area contributed by atoms with E-state index in [0.717, 1.165) is 10.6 Å². The fourth-order valence-electron chi connectivity index (χ4n) is 2.40. The third kappa shape index (κ3) is 3.54. The zero-order valence-corrected chi connectivity index (χ0v) is 14.2. The maximum absolute atomic E-state index is 12.7. The van der Waals surface area contributed by atoms with Crippen molar-refractivity contribution in [3.8, 4) is 11.5 Å². The maximum Gasteiger partial charge on any atom is 0.262 e. The third-order valence-electron chi connectivity index (χ3n) is 3.62. The third-order valence-corrected chi connectivity index (χ3v) is 4.71. The predicted octanol–water partition coefficient (Wildman–Crippen LogP) is 3.39. The van der Waals surface area contributed by atoms with Crippen LogP contribution in [0, 0.1) is 0 Å². The van der Waals surface area contributed by atoms with Crippen molar-refractivity contribution in [1.82, 2.24) is 0 Å². The van der Waals surface area contributed by atoms with Gasteiger partial charge >= 0.3 is 0 Å². The van der Waals surface area contributed by atoms with Gasteiger partial charge in [0.05, 0.1) is 18.0 Å². The van der Waals surface area contributed by atoms with E-state index in [1.165, 1.54) is 11.8 Å². The highest BCUT2D eigenvalue weighted by Gasteiger charge is 2.21. The van der Waals surface area contributed by atoms with E-state index in [1.807, 2.05) is 31.2 Å². The summed E-state index contributed by atoms with van der Waals surface area (Å²) in [5.74, 6) is 1.11. The average Bonchev–Trinajstić information content (AvgIpc) is 2.60. The van der Waals surface area contributed by atoms with Gasteiger partial charge in [0.15, 0.2) is 12.4 Å². The van der Waals surface area contributed by atoms with Crippen LogP contribution in [-0.4, -0.2) is 30.7 Å². The Hall–Kier alpha value is -2.47. The van der Waals surface area contributed by atoms with Crippen LogP contribution in [0.5, 0.6) is 11.5 Å². The molecule has 1 heterocycles. The Morgan fingerprint density at radius 3 is 2.92 bits per heavy atom. The lowest BCUT2D eigenvalue weighted by Crippen LogP contribution is -2.25. The van der Waals surface area contributed by atoms with Crippen LogP contribution >= 0.6 is 11.8 Å². The topological polar surface area (TPSA) is 64.6 Å². The van der Waals surface area contributed by atoms with Crippen molar-refractivity contribution >= 4 is 29.1 Å². The monoisotopic (exact) mass is 343 g/mol. The zero-order valence-electron chi connectivity index (χ0n) is 13.4. The molecule has 124 valence electrons. The minimum Gasteiger partial charge on any atom is -0.497 e. The van der Waals surface area contributed by atoms with E-state index in [1.54, 1.807) is 25.3 Å². The van der Waals surface area contributed by atoms with Crippen molar-refractivity contribution in [2.45, 2.75) is 17.1 Å². The smallest absolute Gasteiger partial charge is 0.262 e. The molecule has 0 aliphatic carbocycles. The first-order valence-corrected chi connectivity index (χ1v) is 8.36. The second-order valence-electron chi connectivity index (χ2n) is 5.35. The molecular weight excluding hydrogens is 326 g/mol. The van der Waals surface area contributed by atoms with Gasteiger partial charge in [-0.05, 0) is 43.3 Å². The Kier molecular flexibility index (Phi) is 4.76. The number of ether oxygens (including phenoxy) is 2. The molecule has 0 fully saturated rings. The highest BCUT2D eigenvalue weighted by Crippen LogP contribution is 2.32. The van der Waals surface area contributed by atoms with Crippen LogP contribution in [0.15, 0.2) is 47.4 Å². The molecule has 0 bridgehead atoms. The van der Waals surface area contributed by atoms with Crippen molar-refractivity contribution in [2.75, 3.05) is 19.0 Å². The molecule has 0 aromatic heterocycles. The Morgan fingerprint density at radius 1 is 1.29 bits per heavy atom. The number of benzene rings is 2. The molecule has 2 aromatic rings. The molecule has 1 aliphatic rings. The summed E-state index contributed by atoms with van der Waals surface area (Å²) < 4.78 is 10.5. The number of methoxy groups -OCH3 is 1. The Balaban J connectivity index is 1.75. The number of anilines is 1. The number of hydrogen-bond donors (Lipinski definition) is 1. The van der Waals surface area contributed by atoms with E-state index >= 15 is 0 Å². The first-order valence-electron chi connectivity index (χ1n) is 7.48. The summed E-state index contributed by atoms with van der Waals surface area (Å²) in [4.78, 5) is 25.0. The summed E-state index contributed by atoms with van der Waals surface area (Å²) in [6, 6.07) is 12.7. The molecule has 1 amide bonds. The molecule has 1 aliphatic heterocycles. The SMILES string of the molecule is COc1cccc(SC(C)C(=O)c2ccc3c(c2)NC(=O)CO3)c1. The normalized spacial score (nSPS) is 14.2. The Morgan fingerprint density at radius 2 is 2.12 bits per heavy atom. The highest BCUT2D eigenvalue weighted by atomic mass is 32.2. The number of rotatable bonds is 5. The van der Waals surface area contributed by atoms with Gasteiger partial charge in [-0.25, -0.2) is 0 Å². The maximum atomic E-state index is 12.7. The molecular formula is C18H17NO4S. The first-order chi connectivity index (χ1) is 11.6. The quantitative estimate of drug-likeness (QED) is 0.666. The van der Waals surface area contributed by atoms with Gasteiger partial charge in [-0.3, -0.25) is 9.59 Å². The number of carbonyl (C=O) groups excluding carboxylic acids is 2. The minimum absolute atomic E-state index is 0.00237. The number of fused-ring (bicyclic) bond motifs is 1. The molecule has 0 spiro atoms. The van der Waals surface area contributed by atoms with E-state index in [4.69, 9.17) is 9.47 Å². The van der Waals surface area contributed by atoms with Crippen LogP contribution < -0.4 is 14.8 Å². The molecule has 1 N–H and O–H groups in total. The van der Waals surface area contributed by atoms with Crippen LogP contribution in [-0.2, 0) is 4.79 Å². The van der Waals surface area contributed by atoms with Crippen molar-refractivity contribution in [1.29, 1.82) is 0 Å². The number of hydrogen-bond acceptors (Lipinski definition) is 5. The van der Waals surface area contributed by atoms with Gasteiger partial charge in [0, 0.05) is 10.5 Å².